The van der Waals surface area contributed by atoms with E-state index in [0.29, 0.717) is 28.2 Å². The van der Waals surface area contributed by atoms with E-state index >= 15 is 0 Å². The number of hydrogen-bond donors (Lipinski definition) is 4. The van der Waals surface area contributed by atoms with Crippen molar-refractivity contribution in [3.8, 4) is 22.6 Å². The number of halogens is 1. The summed E-state index contributed by atoms with van der Waals surface area (Å²) in [5.74, 6) is -0.702. The third-order valence-electron chi connectivity index (χ3n) is 5.04. The van der Waals surface area contributed by atoms with Gasteiger partial charge < -0.3 is 29.9 Å². The van der Waals surface area contributed by atoms with E-state index in [1.54, 1.807) is 18.2 Å². The van der Waals surface area contributed by atoms with Crippen LogP contribution in [0.3, 0.4) is 0 Å². The average molecular weight is 463 g/mol. The number of carboxylic acids is 1. The summed E-state index contributed by atoms with van der Waals surface area (Å²) in [7, 11) is 1.50. The van der Waals surface area contributed by atoms with Gasteiger partial charge in [-0.3, -0.25) is 4.79 Å². The van der Waals surface area contributed by atoms with Crippen LogP contribution >= 0.6 is 0 Å². The molecule has 2 atom stereocenters. The monoisotopic (exact) mass is 462 g/mol. The standard InChI is InChI=1S/C25H31FO7/c1-15(2)21-14-22(32-3)25(33-11-10-27)24(16-4-6-17(26)7-5-16)20(21)9-8-18(28)12-19(29)13-23(30)31/h4-9,14-15,18-19,27-29H,10-13H2,1-3H3,(H,30,31). The van der Waals surface area contributed by atoms with Crippen LogP contribution in [0, 0.1) is 5.82 Å². The highest BCUT2D eigenvalue weighted by Crippen LogP contribution is 2.45. The molecule has 2 unspecified atom stereocenters. The Balaban J connectivity index is 2.64. The highest BCUT2D eigenvalue weighted by atomic mass is 19.1. The molecule has 8 heteroatoms. The van der Waals surface area contributed by atoms with Gasteiger partial charge in [-0.25, -0.2) is 4.39 Å². The Labute approximate surface area is 192 Å². The lowest BCUT2D eigenvalue weighted by Gasteiger charge is -2.22. The second-order valence-electron chi connectivity index (χ2n) is 7.93. The molecule has 0 bridgehead atoms. The van der Waals surface area contributed by atoms with Crippen LogP contribution in [0.5, 0.6) is 11.5 Å². The first-order valence-electron chi connectivity index (χ1n) is 10.7. The summed E-state index contributed by atoms with van der Waals surface area (Å²) in [6, 6.07) is 7.67. The fourth-order valence-electron chi connectivity index (χ4n) is 3.53. The van der Waals surface area contributed by atoms with Crippen LogP contribution in [0.4, 0.5) is 4.39 Å². The zero-order chi connectivity index (χ0) is 24.5. The Morgan fingerprint density at radius 3 is 2.39 bits per heavy atom. The van der Waals surface area contributed by atoms with Crippen molar-refractivity contribution in [1.29, 1.82) is 0 Å². The van der Waals surface area contributed by atoms with Crippen molar-refractivity contribution in [3.63, 3.8) is 0 Å². The van der Waals surface area contributed by atoms with Gasteiger partial charge >= 0.3 is 5.97 Å². The number of hydrogen-bond acceptors (Lipinski definition) is 6. The molecule has 0 spiro atoms. The second kappa shape index (κ2) is 12.3. The number of aliphatic carboxylic acids is 1. The Morgan fingerprint density at radius 1 is 1.18 bits per heavy atom. The predicted molar refractivity (Wildman–Crippen MR) is 123 cm³/mol. The number of aliphatic hydroxyl groups is 3. The summed E-state index contributed by atoms with van der Waals surface area (Å²) < 4.78 is 25.0. The minimum absolute atomic E-state index is 0.0126. The van der Waals surface area contributed by atoms with Crippen molar-refractivity contribution in [1.82, 2.24) is 0 Å². The molecule has 2 aromatic carbocycles. The summed E-state index contributed by atoms with van der Waals surface area (Å²) >= 11 is 0. The summed E-state index contributed by atoms with van der Waals surface area (Å²) in [5.41, 5.74) is 2.81. The molecule has 2 aromatic rings. The summed E-state index contributed by atoms with van der Waals surface area (Å²) in [5, 5.41) is 38.3. The maximum atomic E-state index is 13.6. The average Bonchev–Trinajstić information content (AvgIpc) is 2.75. The van der Waals surface area contributed by atoms with Gasteiger partial charge in [-0.05, 0) is 40.8 Å². The highest BCUT2D eigenvalue weighted by molar-refractivity contribution is 5.85. The minimum Gasteiger partial charge on any atom is -0.493 e. The van der Waals surface area contributed by atoms with Crippen LogP contribution in [0.1, 0.15) is 43.7 Å². The van der Waals surface area contributed by atoms with Crippen LogP contribution in [-0.2, 0) is 4.79 Å². The fraction of sp³-hybridized carbons (Fsp3) is 0.400. The van der Waals surface area contributed by atoms with Crippen LogP contribution < -0.4 is 9.47 Å². The van der Waals surface area contributed by atoms with E-state index < -0.39 is 30.4 Å². The fourth-order valence-corrected chi connectivity index (χ4v) is 3.53. The number of carbonyl (C=O) groups is 1. The first-order valence-corrected chi connectivity index (χ1v) is 10.7. The van der Waals surface area contributed by atoms with Gasteiger partial charge in [0.25, 0.3) is 0 Å². The molecule has 4 N–H and O–H groups in total. The molecular weight excluding hydrogens is 431 g/mol. The molecule has 180 valence electrons. The lowest BCUT2D eigenvalue weighted by atomic mass is 9.88. The Morgan fingerprint density at radius 2 is 1.85 bits per heavy atom. The normalized spacial score (nSPS) is 13.3. The molecule has 33 heavy (non-hydrogen) atoms. The van der Waals surface area contributed by atoms with Gasteiger partial charge in [0.15, 0.2) is 11.5 Å². The number of methoxy groups -OCH3 is 1. The molecule has 0 saturated heterocycles. The van der Waals surface area contributed by atoms with Gasteiger partial charge in [-0.2, -0.15) is 0 Å². The molecule has 2 rings (SSSR count). The number of carboxylic acid groups (broad SMARTS) is 1. The lowest BCUT2D eigenvalue weighted by Crippen LogP contribution is -2.19. The molecule has 0 aromatic heterocycles. The van der Waals surface area contributed by atoms with E-state index in [1.807, 2.05) is 19.9 Å². The molecule has 0 amide bonds. The maximum absolute atomic E-state index is 13.6. The van der Waals surface area contributed by atoms with Crippen LogP contribution in [-0.4, -0.2) is 58.9 Å². The van der Waals surface area contributed by atoms with Crippen LogP contribution in [0.2, 0.25) is 0 Å². The van der Waals surface area contributed by atoms with Gasteiger partial charge in [-0.15, -0.1) is 0 Å². The van der Waals surface area contributed by atoms with Crippen molar-refractivity contribution in [3.05, 3.63) is 53.4 Å². The molecule has 0 aliphatic carbocycles. The molecule has 0 aliphatic heterocycles. The molecule has 0 fully saturated rings. The van der Waals surface area contributed by atoms with Crippen molar-refractivity contribution in [2.75, 3.05) is 20.3 Å². The summed E-state index contributed by atoms with van der Waals surface area (Å²) in [6.07, 6.45) is 0.256. The molecule has 0 heterocycles. The van der Waals surface area contributed by atoms with Crippen molar-refractivity contribution in [2.45, 2.75) is 44.8 Å². The van der Waals surface area contributed by atoms with Crippen molar-refractivity contribution >= 4 is 12.0 Å². The molecule has 0 saturated carbocycles. The third-order valence-corrected chi connectivity index (χ3v) is 5.04. The number of benzene rings is 2. The summed E-state index contributed by atoms with van der Waals surface area (Å²) in [4.78, 5) is 10.8. The van der Waals surface area contributed by atoms with Crippen LogP contribution in [0.15, 0.2) is 36.4 Å². The molecule has 7 nitrogen and oxygen atoms in total. The highest BCUT2D eigenvalue weighted by Gasteiger charge is 2.22. The third kappa shape index (κ3) is 7.28. The van der Waals surface area contributed by atoms with Crippen molar-refractivity contribution < 1.29 is 39.1 Å². The maximum Gasteiger partial charge on any atom is 0.305 e. The summed E-state index contributed by atoms with van der Waals surface area (Å²) in [6.45, 7) is 3.77. The number of aliphatic hydroxyl groups excluding tert-OH is 3. The SMILES string of the molecule is COc1cc(C(C)C)c(C=CC(O)CC(O)CC(=O)O)c(-c2ccc(F)cc2)c1OCCO. The quantitative estimate of drug-likeness (QED) is 0.381. The zero-order valence-corrected chi connectivity index (χ0v) is 19.0. The van der Waals surface area contributed by atoms with E-state index in [2.05, 4.69) is 0 Å². The van der Waals surface area contributed by atoms with Crippen LogP contribution in [0.25, 0.3) is 17.2 Å². The van der Waals surface area contributed by atoms with Gasteiger partial charge in [0.2, 0.25) is 0 Å². The first-order chi connectivity index (χ1) is 15.7. The zero-order valence-electron chi connectivity index (χ0n) is 19.0. The Hall–Kier alpha value is -2.94. The largest absolute Gasteiger partial charge is 0.493 e. The lowest BCUT2D eigenvalue weighted by molar-refractivity contribution is -0.139. The van der Waals surface area contributed by atoms with E-state index in [-0.39, 0.29) is 25.6 Å². The first kappa shape index (κ1) is 26.3. The second-order valence-corrected chi connectivity index (χ2v) is 7.93. The molecular formula is C25H31FO7. The Kier molecular flexibility index (Phi) is 9.84. The van der Waals surface area contributed by atoms with E-state index in [1.165, 1.54) is 25.3 Å². The van der Waals surface area contributed by atoms with Gasteiger partial charge in [0, 0.05) is 12.0 Å². The van der Waals surface area contributed by atoms with Gasteiger partial charge in [-0.1, -0.05) is 38.1 Å². The molecule has 0 aliphatic rings. The van der Waals surface area contributed by atoms with E-state index in [9.17, 15) is 24.5 Å². The van der Waals surface area contributed by atoms with Gasteiger partial charge in [0.05, 0.1) is 32.3 Å². The predicted octanol–water partition coefficient (Wildman–Crippen LogP) is 3.60. The van der Waals surface area contributed by atoms with Crippen molar-refractivity contribution in [2.24, 2.45) is 0 Å². The van der Waals surface area contributed by atoms with E-state index in [0.717, 1.165) is 5.56 Å². The smallest absolute Gasteiger partial charge is 0.305 e. The van der Waals surface area contributed by atoms with Gasteiger partial charge in [0.1, 0.15) is 12.4 Å². The number of ether oxygens (including phenoxy) is 2. The topological polar surface area (TPSA) is 116 Å². The Bertz CT molecular complexity index is 954. The van der Waals surface area contributed by atoms with E-state index in [4.69, 9.17) is 14.6 Å². The molecule has 0 radical (unpaired) electrons. The minimum atomic E-state index is -1.19. The number of rotatable bonds is 12.